The fourth-order valence-electron chi connectivity index (χ4n) is 1.43. The molecule has 6 heteroatoms. The van der Waals surface area contributed by atoms with E-state index in [0.717, 1.165) is 26.2 Å². The predicted molar refractivity (Wildman–Crippen MR) is 69.2 cm³/mol. The maximum absolute atomic E-state index is 10.6. The zero-order chi connectivity index (χ0) is 13.4. The third-order valence-electron chi connectivity index (χ3n) is 2.39. The third kappa shape index (κ3) is 4.94. The average molecular weight is 250 g/mol. The smallest absolute Gasteiger partial charge is 0.248 e. The highest BCUT2D eigenvalue weighted by molar-refractivity contribution is 5.98. The van der Waals surface area contributed by atoms with Crippen LogP contribution in [-0.4, -0.2) is 38.0 Å². The van der Waals surface area contributed by atoms with Gasteiger partial charge in [-0.1, -0.05) is 6.07 Å². The van der Waals surface area contributed by atoms with E-state index >= 15 is 0 Å². The molecule has 1 aromatic carbocycles. The number of nitrogens with two attached hydrogens (primary N) is 2. The van der Waals surface area contributed by atoms with E-state index in [1.807, 2.05) is 0 Å². The second kappa shape index (κ2) is 7.41. The molecular weight excluding hydrogens is 232 g/mol. The summed E-state index contributed by atoms with van der Waals surface area (Å²) in [6, 6.07) is 5.97. The van der Waals surface area contributed by atoms with Crippen molar-refractivity contribution < 1.29 is 9.59 Å². The van der Waals surface area contributed by atoms with Crippen LogP contribution >= 0.6 is 0 Å². The van der Waals surface area contributed by atoms with Crippen LogP contribution in [0.3, 0.4) is 0 Å². The Kier molecular flexibility index (Phi) is 5.83. The molecule has 2 amide bonds. The van der Waals surface area contributed by atoms with Gasteiger partial charge < -0.3 is 22.1 Å². The van der Waals surface area contributed by atoms with E-state index in [0.29, 0.717) is 0 Å². The summed E-state index contributed by atoms with van der Waals surface area (Å²) in [5.41, 5.74) is 10.6. The van der Waals surface area contributed by atoms with Gasteiger partial charge in [-0.2, -0.15) is 0 Å². The van der Waals surface area contributed by atoms with Crippen molar-refractivity contribution in [2.75, 3.05) is 26.2 Å². The SMILES string of the molecule is C1CNCCN1.NC(=O)c1cccc(C(N)=O)c1. The van der Waals surface area contributed by atoms with Crippen molar-refractivity contribution in [2.45, 2.75) is 0 Å². The molecule has 0 spiro atoms. The number of primary amides is 2. The standard InChI is InChI=1S/C8H8N2O2.C4H10N2/c9-7(11)5-2-1-3-6(4-5)8(10)12;1-2-6-4-3-5-1/h1-4H,(H2,9,11)(H2,10,12);5-6H,1-4H2. The van der Waals surface area contributed by atoms with Gasteiger partial charge in [-0.05, 0) is 18.2 Å². The molecule has 0 aliphatic carbocycles. The van der Waals surface area contributed by atoms with Gasteiger partial charge in [-0.15, -0.1) is 0 Å². The molecule has 0 aromatic heterocycles. The first-order chi connectivity index (χ1) is 8.61. The van der Waals surface area contributed by atoms with E-state index in [-0.39, 0.29) is 11.1 Å². The average Bonchev–Trinajstić information content (AvgIpc) is 2.41. The number of piperazine rings is 1. The van der Waals surface area contributed by atoms with Crippen molar-refractivity contribution in [3.05, 3.63) is 35.4 Å². The Bertz CT molecular complexity index is 376. The summed E-state index contributed by atoms with van der Waals surface area (Å²) < 4.78 is 0. The van der Waals surface area contributed by atoms with Crippen LogP contribution in [0.5, 0.6) is 0 Å². The van der Waals surface area contributed by atoms with Crippen molar-refractivity contribution in [1.29, 1.82) is 0 Å². The first kappa shape index (κ1) is 14.1. The normalized spacial score (nSPS) is 14.2. The number of rotatable bonds is 2. The molecule has 0 atom stereocenters. The summed E-state index contributed by atoms with van der Waals surface area (Å²) in [7, 11) is 0. The summed E-state index contributed by atoms with van der Waals surface area (Å²) in [5.74, 6) is -1.14. The van der Waals surface area contributed by atoms with Crippen molar-refractivity contribution in [3.8, 4) is 0 Å². The summed E-state index contributed by atoms with van der Waals surface area (Å²) >= 11 is 0. The predicted octanol–water partition coefficient (Wildman–Crippen LogP) is -0.936. The molecule has 1 aliphatic heterocycles. The third-order valence-corrected chi connectivity index (χ3v) is 2.39. The van der Waals surface area contributed by atoms with E-state index in [1.54, 1.807) is 6.07 Å². The molecular formula is C12H18N4O2. The summed E-state index contributed by atoms with van der Waals surface area (Å²) in [6.07, 6.45) is 0. The summed E-state index contributed by atoms with van der Waals surface area (Å²) in [4.78, 5) is 21.3. The first-order valence-corrected chi connectivity index (χ1v) is 5.72. The van der Waals surface area contributed by atoms with Crippen LogP contribution in [0.25, 0.3) is 0 Å². The number of carbonyl (C=O) groups excluding carboxylic acids is 2. The lowest BCUT2D eigenvalue weighted by Crippen LogP contribution is -2.39. The molecule has 0 radical (unpaired) electrons. The molecule has 0 unspecified atom stereocenters. The Morgan fingerprint density at radius 1 is 0.889 bits per heavy atom. The van der Waals surface area contributed by atoms with E-state index in [2.05, 4.69) is 10.6 Å². The highest BCUT2D eigenvalue weighted by Crippen LogP contribution is 2.03. The molecule has 1 aliphatic rings. The van der Waals surface area contributed by atoms with Gasteiger partial charge in [0, 0.05) is 37.3 Å². The molecule has 1 aromatic rings. The van der Waals surface area contributed by atoms with Crippen molar-refractivity contribution in [1.82, 2.24) is 10.6 Å². The molecule has 6 nitrogen and oxygen atoms in total. The van der Waals surface area contributed by atoms with Crippen LogP contribution in [0.15, 0.2) is 24.3 Å². The number of hydrogen-bond acceptors (Lipinski definition) is 4. The lowest BCUT2D eigenvalue weighted by molar-refractivity contribution is 0.0999. The first-order valence-electron chi connectivity index (χ1n) is 5.72. The van der Waals surface area contributed by atoms with Crippen molar-refractivity contribution in [2.24, 2.45) is 11.5 Å². The molecule has 2 rings (SSSR count). The topological polar surface area (TPSA) is 110 Å². The van der Waals surface area contributed by atoms with Crippen molar-refractivity contribution in [3.63, 3.8) is 0 Å². The molecule has 0 bridgehead atoms. The number of hydrogen-bond donors (Lipinski definition) is 4. The number of benzene rings is 1. The molecule has 1 fully saturated rings. The minimum atomic E-state index is -0.571. The van der Waals surface area contributed by atoms with E-state index in [4.69, 9.17) is 11.5 Å². The highest BCUT2D eigenvalue weighted by Gasteiger charge is 2.03. The number of nitrogens with one attached hydrogen (secondary N) is 2. The van der Waals surface area contributed by atoms with E-state index < -0.39 is 11.8 Å². The zero-order valence-electron chi connectivity index (χ0n) is 10.1. The fraction of sp³-hybridized carbons (Fsp3) is 0.333. The van der Waals surface area contributed by atoms with Gasteiger partial charge in [0.2, 0.25) is 11.8 Å². The quantitative estimate of drug-likeness (QED) is 0.543. The molecule has 1 heterocycles. The minimum absolute atomic E-state index is 0.284. The lowest BCUT2D eigenvalue weighted by Gasteiger charge is -2.11. The number of amides is 2. The van der Waals surface area contributed by atoms with Gasteiger partial charge in [0.25, 0.3) is 0 Å². The molecule has 1 saturated heterocycles. The van der Waals surface area contributed by atoms with Gasteiger partial charge in [0.05, 0.1) is 0 Å². The molecule has 6 N–H and O–H groups in total. The zero-order valence-corrected chi connectivity index (χ0v) is 10.1. The van der Waals surface area contributed by atoms with Crippen molar-refractivity contribution >= 4 is 11.8 Å². The van der Waals surface area contributed by atoms with Crippen LogP contribution in [0.2, 0.25) is 0 Å². The Hall–Kier alpha value is -1.92. The molecule has 18 heavy (non-hydrogen) atoms. The Labute approximate surface area is 106 Å². The van der Waals surface area contributed by atoms with Gasteiger partial charge in [0.1, 0.15) is 0 Å². The van der Waals surface area contributed by atoms with Gasteiger partial charge >= 0.3 is 0 Å². The fourth-order valence-corrected chi connectivity index (χ4v) is 1.43. The molecule has 0 saturated carbocycles. The Balaban J connectivity index is 0.000000225. The van der Waals surface area contributed by atoms with E-state index in [9.17, 15) is 9.59 Å². The largest absolute Gasteiger partial charge is 0.366 e. The summed E-state index contributed by atoms with van der Waals surface area (Å²) in [6.45, 7) is 4.56. The van der Waals surface area contributed by atoms with Gasteiger partial charge in [-0.3, -0.25) is 9.59 Å². The maximum atomic E-state index is 10.6. The van der Waals surface area contributed by atoms with Gasteiger partial charge in [0.15, 0.2) is 0 Å². The van der Waals surface area contributed by atoms with Crippen LogP contribution in [0, 0.1) is 0 Å². The second-order valence-electron chi connectivity index (χ2n) is 3.81. The van der Waals surface area contributed by atoms with Crippen LogP contribution < -0.4 is 22.1 Å². The maximum Gasteiger partial charge on any atom is 0.248 e. The lowest BCUT2D eigenvalue weighted by atomic mass is 10.1. The second-order valence-corrected chi connectivity index (χ2v) is 3.81. The monoisotopic (exact) mass is 250 g/mol. The highest BCUT2D eigenvalue weighted by atomic mass is 16.1. The van der Waals surface area contributed by atoms with E-state index in [1.165, 1.54) is 18.2 Å². The number of carbonyl (C=O) groups is 2. The van der Waals surface area contributed by atoms with Gasteiger partial charge in [-0.25, -0.2) is 0 Å². The Morgan fingerprint density at radius 2 is 1.28 bits per heavy atom. The summed E-state index contributed by atoms with van der Waals surface area (Å²) in [5, 5.41) is 6.44. The van der Waals surface area contributed by atoms with Crippen LogP contribution in [-0.2, 0) is 0 Å². The van der Waals surface area contributed by atoms with Crippen LogP contribution in [0.4, 0.5) is 0 Å². The minimum Gasteiger partial charge on any atom is -0.366 e. The van der Waals surface area contributed by atoms with Crippen LogP contribution in [0.1, 0.15) is 20.7 Å². The molecule has 98 valence electrons. The Morgan fingerprint density at radius 3 is 1.56 bits per heavy atom.